The second-order valence-electron chi connectivity index (χ2n) is 5.67. The van der Waals surface area contributed by atoms with Gasteiger partial charge in [-0.1, -0.05) is 32.0 Å². The number of imidazole rings is 1. The molecular weight excluding hydrogens is 294 g/mol. The molecule has 3 aromatic heterocycles. The van der Waals surface area contributed by atoms with E-state index in [0.29, 0.717) is 5.52 Å². The summed E-state index contributed by atoms with van der Waals surface area (Å²) in [7, 11) is 0. The number of benzene rings is 1. The quantitative estimate of drug-likeness (QED) is 0.608. The summed E-state index contributed by atoms with van der Waals surface area (Å²) in [5.41, 5.74) is 2.37. The van der Waals surface area contributed by atoms with Crippen molar-refractivity contribution in [3.05, 3.63) is 58.2 Å². The van der Waals surface area contributed by atoms with Crippen LogP contribution in [0.25, 0.3) is 26.9 Å². The molecule has 0 bridgehead atoms. The minimum Gasteiger partial charge on any atom is -0.319 e. The Morgan fingerprint density at radius 3 is 2.91 bits per heavy atom. The Labute approximate surface area is 131 Å². The number of H-pyrrole nitrogens is 1. The van der Waals surface area contributed by atoms with Crippen LogP contribution in [0.4, 0.5) is 0 Å². The molecule has 0 aliphatic heterocycles. The summed E-state index contributed by atoms with van der Waals surface area (Å²) >= 11 is 1.69. The molecule has 0 amide bonds. The van der Waals surface area contributed by atoms with Gasteiger partial charge < -0.3 is 4.98 Å². The van der Waals surface area contributed by atoms with Gasteiger partial charge in [0.1, 0.15) is 11.3 Å². The molecule has 1 N–H and O–H groups in total. The summed E-state index contributed by atoms with van der Waals surface area (Å²) < 4.78 is 3.12. The smallest absolute Gasteiger partial charge is 0.274 e. The summed E-state index contributed by atoms with van der Waals surface area (Å²) in [5, 5.41) is 3.25. The maximum Gasteiger partial charge on any atom is 0.274 e. The summed E-state index contributed by atoms with van der Waals surface area (Å²) in [6.45, 7) is 4.16. The van der Waals surface area contributed by atoms with Gasteiger partial charge in [0.05, 0.1) is 11.9 Å². The molecule has 0 spiro atoms. The van der Waals surface area contributed by atoms with Crippen LogP contribution in [0.15, 0.2) is 46.8 Å². The van der Waals surface area contributed by atoms with E-state index in [-0.39, 0.29) is 11.5 Å². The van der Waals surface area contributed by atoms with E-state index in [4.69, 9.17) is 0 Å². The van der Waals surface area contributed by atoms with Crippen LogP contribution in [0.1, 0.15) is 25.6 Å². The predicted octanol–water partition coefficient (Wildman–Crippen LogP) is 4.03. The van der Waals surface area contributed by atoms with E-state index in [1.807, 2.05) is 22.7 Å². The SMILES string of the molecule is CC(C)c1ncc2c(=O)[nH]c(-c3csc4ccccc34)cn12. The molecule has 0 aliphatic carbocycles. The van der Waals surface area contributed by atoms with Gasteiger partial charge in [0, 0.05) is 33.1 Å². The zero-order valence-corrected chi connectivity index (χ0v) is 13.1. The fraction of sp³-hybridized carbons (Fsp3) is 0.176. The van der Waals surface area contributed by atoms with Crippen LogP contribution in [-0.2, 0) is 0 Å². The molecule has 0 saturated heterocycles. The molecule has 4 rings (SSSR count). The molecule has 5 heteroatoms. The first-order valence-corrected chi connectivity index (χ1v) is 8.10. The highest BCUT2D eigenvalue weighted by atomic mass is 32.1. The Balaban J connectivity index is 2.03. The molecule has 0 atom stereocenters. The Morgan fingerprint density at radius 2 is 2.09 bits per heavy atom. The molecule has 0 saturated carbocycles. The molecule has 4 aromatic rings. The standard InChI is InChI=1S/C17H15N3OS/c1-10(2)16-18-7-14-17(21)19-13(8-20(14)16)12-9-22-15-6-4-3-5-11(12)15/h3-10H,1-2H3,(H,19,21). The summed E-state index contributed by atoms with van der Waals surface area (Å²) in [5.74, 6) is 1.17. The van der Waals surface area contributed by atoms with Crippen LogP contribution >= 0.6 is 11.3 Å². The van der Waals surface area contributed by atoms with E-state index in [9.17, 15) is 4.79 Å². The average molecular weight is 309 g/mol. The Kier molecular flexibility index (Phi) is 2.90. The van der Waals surface area contributed by atoms with Gasteiger partial charge in [-0.2, -0.15) is 0 Å². The minimum absolute atomic E-state index is 0.104. The number of nitrogens with zero attached hydrogens (tertiary/aromatic N) is 2. The van der Waals surface area contributed by atoms with E-state index >= 15 is 0 Å². The van der Waals surface area contributed by atoms with Crippen molar-refractivity contribution in [2.45, 2.75) is 19.8 Å². The topological polar surface area (TPSA) is 50.2 Å². The van der Waals surface area contributed by atoms with E-state index < -0.39 is 0 Å². The van der Waals surface area contributed by atoms with Crippen molar-refractivity contribution < 1.29 is 0 Å². The van der Waals surface area contributed by atoms with Gasteiger partial charge in [-0.05, 0) is 6.07 Å². The Hall–Kier alpha value is -2.40. The lowest BCUT2D eigenvalue weighted by Crippen LogP contribution is -2.11. The van der Waals surface area contributed by atoms with Gasteiger partial charge in [0.25, 0.3) is 5.56 Å². The maximum atomic E-state index is 12.4. The van der Waals surface area contributed by atoms with Gasteiger partial charge in [-0.3, -0.25) is 9.20 Å². The van der Waals surface area contributed by atoms with E-state index in [1.165, 1.54) is 4.70 Å². The molecule has 110 valence electrons. The lowest BCUT2D eigenvalue weighted by Gasteiger charge is -2.06. The average Bonchev–Trinajstić information content (AvgIpc) is 3.11. The van der Waals surface area contributed by atoms with Crippen molar-refractivity contribution in [3.63, 3.8) is 0 Å². The largest absolute Gasteiger partial charge is 0.319 e. The highest BCUT2D eigenvalue weighted by molar-refractivity contribution is 7.17. The minimum atomic E-state index is -0.104. The number of rotatable bonds is 2. The predicted molar refractivity (Wildman–Crippen MR) is 90.7 cm³/mol. The molecule has 22 heavy (non-hydrogen) atoms. The molecule has 4 nitrogen and oxygen atoms in total. The van der Waals surface area contributed by atoms with Gasteiger partial charge in [-0.15, -0.1) is 11.3 Å². The number of nitrogens with one attached hydrogen (secondary N) is 1. The van der Waals surface area contributed by atoms with Crippen molar-refractivity contribution in [2.75, 3.05) is 0 Å². The first-order chi connectivity index (χ1) is 10.6. The van der Waals surface area contributed by atoms with Crippen molar-refractivity contribution in [3.8, 4) is 11.3 Å². The van der Waals surface area contributed by atoms with E-state index in [2.05, 4.69) is 41.3 Å². The van der Waals surface area contributed by atoms with Gasteiger partial charge in [0.15, 0.2) is 0 Å². The van der Waals surface area contributed by atoms with Crippen LogP contribution in [-0.4, -0.2) is 14.4 Å². The normalized spacial score (nSPS) is 11.8. The zero-order chi connectivity index (χ0) is 15.3. The molecular formula is C17H15N3OS. The molecule has 0 fully saturated rings. The lowest BCUT2D eigenvalue weighted by atomic mass is 10.1. The number of thiophene rings is 1. The second-order valence-corrected chi connectivity index (χ2v) is 6.58. The molecule has 0 aliphatic rings. The van der Waals surface area contributed by atoms with Crippen LogP contribution in [0, 0.1) is 0 Å². The second kappa shape index (κ2) is 4.81. The first kappa shape index (κ1) is 13.3. The van der Waals surface area contributed by atoms with Crippen molar-refractivity contribution >= 4 is 26.9 Å². The van der Waals surface area contributed by atoms with Crippen molar-refractivity contribution in [2.24, 2.45) is 0 Å². The van der Waals surface area contributed by atoms with Crippen LogP contribution in [0.5, 0.6) is 0 Å². The van der Waals surface area contributed by atoms with Crippen LogP contribution in [0.3, 0.4) is 0 Å². The van der Waals surface area contributed by atoms with Crippen LogP contribution < -0.4 is 5.56 Å². The fourth-order valence-electron chi connectivity index (χ4n) is 2.78. The summed E-state index contributed by atoms with van der Waals surface area (Å²) in [6, 6.07) is 8.23. The summed E-state index contributed by atoms with van der Waals surface area (Å²) in [6.07, 6.45) is 3.62. The fourth-order valence-corrected chi connectivity index (χ4v) is 3.74. The third-order valence-corrected chi connectivity index (χ3v) is 4.82. The monoisotopic (exact) mass is 309 g/mol. The number of aromatic amines is 1. The third kappa shape index (κ3) is 1.89. The number of hydrogen-bond acceptors (Lipinski definition) is 3. The zero-order valence-electron chi connectivity index (χ0n) is 12.3. The highest BCUT2D eigenvalue weighted by Gasteiger charge is 2.13. The molecule has 0 unspecified atom stereocenters. The van der Waals surface area contributed by atoms with Crippen LogP contribution in [0.2, 0.25) is 0 Å². The number of hydrogen-bond donors (Lipinski definition) is 1. The van der Waals surface area contributed by atoms with E-state index in [1.54, 1.807) is 17.5 Å². The number of aromatic nitrogens is 3. The number of fused-ring (bicyclic) bond motifs is 2. The van der Waals surface area contributed by atoms with Gasteiger partial charge in [-0.25, -0.2) is 4.98 Å². The van der Waals surface area contributed by atoms with E-state index in [0.717, 1.165) is 22.5 Å². The highest BCUT2D eigenvalue weighted by Crippen LogP contribution is 2.32. The van der Waals surface area contributed by atoms with Crippen molar-refractivity contribution in [1.82, 2.24) is 14.4 Å². The Morgan fingerprint density at radius 1 is 1.27 bits per heavy atom. The first-order valence-electron chi connectivity index (χ1n) is 7.22. The van der Waals surface area contributed by atoms with Gasteiger partial charge >= 0.3 is 0 Å². The molecule has 1 aromatic carbocycles. The Bertz CT molecular complexity index is 1040. The van der Waals surface area contributed by atoms with Gasteiger partial charge in [0.2, 0.25) is 0 Å². The molecule has 0 radical (unpaired) electrons. The summed E-state index contributed by atoms with van der Waals surface area (Å²) in [4.78, 5) is 19.7. The maximum absolute atomic E-state index is 12.4. The lowest BCUT2D eigenvalue weighted by molar-refractivity contribution is 0.768. The molecule has 3 heterocycles. The van der Waals surface area contributed by atoms with Crippen molar-refractivity contribution in [1.29, 1.82) is 0 Å². The third-order valence-electron chi connectivity index (χ3n) is 3.85.